The van der Waals surface area contributed by atoms with Gasteiger partial charge in [-0.2, -0.15) is 5.10 Å². The van der Waals surface area contributed by atoms with Crippen molar-refractivity contribution in [3.05, 3.63) is 39.9 Å². The molecule has 0 atom stereocenters. The van der Waals surface area contributed by atoms with Crippen molar-refractivity contribution < 1.29 is 4.74 Å². The zero-order valence-corrected chi connectivity index (χ0v) is 14.5. The number of rotatable bonds is 8. The highest BCUT2D eigenvalue weighted by molar-refractivity contribution is 9.10. The molecule has 2 heterocycles. The van der Waals surface area contributed by atoms with Crippen molar-refractivity contribution in [2.24, 2.45) is 0 Å². The summed E-state index contributed by atoms with van der Waals surface area (Å²) >= 11 is 3.64. The van der Waals surface area contributed by atoms with E-state index in [-0.39, 0.29) is 0 Å². The number of nitrogens with zero attached hydrogens (tertiary/aromatic N) is 3. The number of aromatic nitrogens is 3. The summed E-state index contributed by atoms with van der Waals surface area (Å²) in [5.41, 5.74) is 3.53. The molecule has 5 nitrogen and oxygen atoms in total. The van der Waals surface area contributed by atoms with Gasteiger partial charge in [0.1, 0.15) is 0 Å². The molecule has 0 aliphatic rings. The normalized spacial score (nSPS) is 11.2. The number of nitrogens with one attached hydrogen (secondary N) is 1. The Balaban J connectivity index is 1.99. The van der Waals surface area contributed by atoms with Gasteiger partial charge >= 0.3 is 0 Å². The molecule has 6 heteroatoms. The van der Waals surface area contributed by atoms with Gasteiger partial charge in [-0.1, -0.05) is 0 Å². The van der Waals surface area contributed by atoms with Crippen LogP contribution in [0.1, 0.15) is 23.9 Å². The van der Waals surface area contributed by atoms with Crippen LogP contribution in [0.3, 0.4) is 0 Å². The second-order valence-electron chi connectivity index (χ2n) is 5.02. The van der Waals surface area contributed by atoms with Crippen molar-refractivity contribution in [2.75, 3.05) is 20.3 Å². The molecule has 21 heavy (non-hydrogen) atoms. The van der Waals surface area contributed by atoms with E-state index in [4.69, 9.17) is 4.74 Å². The molecule has 2 rings (SSSR count). The molecule has 2 aromatic heterocycles. The number of aryl methyl sites for hydroxylation is 2. The quantitative estimate of drug-likeness (QED) is 0.741. The van der Waals surface area contributed by atoms with Crippen molar-refractivity contribution in [1.29, 1.82) is 0 Å². The molecule has 0 spiro atoms. The van der Waals surface area contributed by atoms with Gasteiger partial charge in [-0.05, 0) is 41.4 Å². The van der Waals surface area contributed by atoms with Gasteiger partial charge in [-0.15, -0.1) is 0 Å². The number of hydrogen-bond donors (Lipinski definition) is 1. The van der Waals surface area contributed by atoms with Gasteiger partial charge < -0.3 is 14.6 Å². The van der Waals surface area contributed by atoms with E-state index in [0.29, 0.717) is 0 Å². The van der Waals surface area contributed by atoms with Crippen LogP contribution in [-0.2, 0) is 24.4 Å². The molecule has 0 bridgehead atoms. The number of halogens is 1. The maximum Gasteiger partial charge on any atom is 0.0739 e. The van der Waals surface area contributed by atoms with Gasteiger partial charge in [-0.3, -0.25) is 4.68 Å². The van der Waals surface area contributed by atoms with Gasteiger partial charge in [0.15, 0.2) is 0 Å². The van der Waals surface area contributed by atoms with E-state index < -0.39 is 0 Å². The van der Waals surface area contributed by atoms with Crippen LogP contribution >= 0.6 is 15.9 Å². The predicted octanol–water partition coefficient (Wildman–Crippen LogP) is 2.56. The summed E-state index contributed by atoms with van der Waals surface area (Å²) in [7, 11) is 1.72. The van der Waals surface area contributed by atoms with E-state index in [2.05, 4.69) is 61.0 Å². The number of ether oxygens (including phenoxy) is 1. The van der Waals surface area contributed by atoms with E-state index in [9.17, 15) is 0 Å². The zero-order chi connectivity index (χ0) is 15.2. The Kier molecular flexibility index (Phi) is 6.02. The highest BCUT2D eigenvalue weighted by Crippen LogP contribution is 2.22. The first-order valence-electron chi connectivity index (χ1n) is 7.21. The Bertz CT molecular complexity index is 576. The summed E-state index contributed by atoms with van der Waals surface area (Å²) in [6.07, 6.45) is 4.29. The van der Waals surface area contributed by atoms with Gasteiger partial charge in [0.05, 0.1) is 29.0 Å². The molecule has 0 amide bonds. The second kappa shape index (κ2) is 7.77. The van der Waals surface area contributed by atoms with Gasteiger partial charge in [-0.25, -0.2) is 0 Å². The summed E-state index contributed by atoms with van der Waals surface area (Å²) in [5.74, 6) is 0. The molecule has 0 radical (unpaired) electrons. The Labute approximate surface area is 134 Å². The minimum absolute atomic E-state index is 0.739. The fourth-order valence-electron chi connectivity index (χ4n) is 2.29. The first-order chi connectivity index (χ1) is 10.2. The van der Waals surface area contributed by atoms with Crippen LogP contribution in [0.25, 0.3) is 0 Å². The third-order valence-corrected chi connectivity index (χ3v) is 4.44. The lowest BCUT2D eigenvalue weighted by Crippen LogP contribution is -2.18. The van der Waals surface area contributed by atoms with Crippen LogP contribution in [-0.4, -0.2) is 34.6 Å². The molecule has 0 aliphatic carbocycles. The van der Waals surface area contributed by atoms with Crippen LogP contribution in [0.5, 0.6) is 0 Å². The third kappa shape index (κ3) is 4.18. The maximum absolute atomic E-state index is 5.02. The molecule has 0 fully saturated rings. The monoisotopic (exact) mass is 354 g/mol. The average Bonchev–Trinajstić information content (AvgIpc) is 3.03. The van der Waals surface area contributed by atoms with Gasteiger partial charge in [0, 0.05) is 39.1 Å². The Morgan fingerprint density at radius 3 is 2.95 bits per heavy atom. The largest absolute Gasteiger partial charge is 0.383 e. The minimum atomic E-state index is 0.739. The zero-order valence-electron chi connectivity index (χ0n) is 12.9. The predicted molar refractivity (Wildman–Crippen MR) is 87.5 cm³/mol. The van der Waals surface area contributed by atoms with Crippen LogP contribution in [0.15, 0.2) is 22.9 Å². The van der Waals surface area contributed by atoms with Crippen molar-refractivity contribution in [3.63, 3.8) is 0 Å². The Hall–Kier alpha value is -1.11. The van der Waals surface area contributed by atoms with Crippen molar-refractivity contribution >= 4 is 15.9 Å². The first-order valence-corrected chi connectivity index (χ1v) is 8.01. The molecule has 0 saturated heterocycles. The SMILES string of the molecule is CCn1nc(C)c(Br)c1Cn1ccc(CNCCOC)c1. The van der Waals surface area contributed by atoms with E-state index in [1.807, 2.05) is 6.92 Å². The summed E-state index contributed by atoms with van der Waals surface area (Å²) in [5, 5.41) is 7.88. The summed E-state index contributed by atoms with van der Waals surface area (Å²) < 4.78 is 10.4. The Morgan fingerprint density at radius 2 is 2.24 bits per heavy atom. The third-order valence-electron chi connectivity index (χ3n) is 3.41. The topological polar surface area (TPSA) is 44.0 Å². The van der Waals surface area contributed by atoms with Gasteiger partial charge in [0.2, 0.25) is 0 Å². The minimum Gasteiger partial charge on any atom is -0.383 e. The van der Waals surface area contributed by atoms with E-state index in [1.54, 1.807) is 7.11 Å². The molecule has 0 saturated carbocycles. The van der Waals surface area contributed by atoms with Crippen molar-refractivity contribution in [1.82, 2.24) is 19.7 Å². The van der Waals surface area contributed by atoms with Crippen molar-refractivity contribution in [3.8, 4) is 0 Å². The fraction of sp³-hybridized carbons (Fsp3) is 0.533. The summed E-state index contributed by atoms with van der Waals surface area (Å²) in [6, 6.07) is 2.15. The number of methoxy groups -OCH3 is 1. The molecular formula is C15H23BrN4O. The first kappa shape index (κ1) is 16.3. The maximum atomic E-state index is 5.02. The highest BCUT2D eigenvalue weighted by atomic mass is 79.9. The van der Waals surface area contributed by atoms with Gasteiger partial charge in [0.25, 0.3) is 0 Å². The standard InChI is InChI=1S/C15H23BrN4O/c1-4-20-14(15(16)12(2)18-20)11-19-7-5-13(10-19)9-17-6-8-21-3/h5,7,10,17H,4,6,8-9,11H2,1-3H3. The fourth-order valence-corrected chi connectivity index (χ4v) is 2.70. The molecule has 0 aromatic carbocycles. The van der Waals surface area contributed by atoms with Crippen LogP contribution in [0.2, 0.25) is 0 Å². The van der Waals surface area contributed by atoms with Crippen LogP contribution in [0.4, 0.5) is 0 Å². The summed E-state index contributed by atoms with van der Waals surface area (Å²) in [4.78, 5) is 0. The van der Waals surface area contributed by atoms with E-state index in [0.717, 1.165) is 43.0 Å². The van der Waals surface area contributed by atoms with Crippen molar-refractivity contribution in [2.45, 2.75) is 33.5 Å². The Morgan fingerprint density at radius 1 is 1.43 bits per heavy atom. The average molecular weight is 355 g/mol. The molecule has 116 valence electrons. The molecular weight excluding hydrogens is 332 g/mol. The number of hydrogen-bond acceptors (Lipinski definition) is 3. The molecule has 0 unspecified atom stereocenters. The van der Waals surface area contributed by atoms with Crippen LogP contribution < -0.4 is 5.32 Å². The lowest BCUT2D eigenvalue weighted by molar-refractivity contribution is 0.199. The molecule has 0 aliphatic heterocycles. The van der Waals surface area contributed by atoms with E-state index >= 15 is 0 Å². The lowest BCUT2D eigenvalue weighted by Gasteiger charge is -2.07. The summed E-state index contributed by atoms with van der Waals surface area (Å²) in [6.45, 7) is 8.33. The second-order valence-corrected chi connectivity index (χ2v) is 5.82. The smallest absolute Gasteiger partial charge is 0.0739 e. The molecule has 2 aromatic rings. The highest BCUT2D eigenvalue weighted by Gasteiger charge is 2.12. The van der Waals surface area contributed by atoms with Crippen LogP contribution in [0, 0.1) is 6.92 Å². The van der Waals surface area contributed by atoms with E-state index in [1.165, 1.54) is 11.3 Å². The molecule has 1 N–H and O–H groups in total. The lowest BCUT2D eigenvalue weighted by atomic mass is 10.3.